The predicted octanol–water partition coefficient (Wildman–Crippen LogP) is 0.299. The number of rotatable bonds is 4. The zero-order valence-corrected chi connectivity index (χ0v) is 8.79. The summed E-state index contributed by atoms with van der Waals surface area (Å²) < 4.78 is 0. The van der Waals surface area contributed by atoms with Crippen molar-refractivity contribution in [2.45, 2.75) is 25.9 Å². The lowest BCUT2D eigenvalue weighted by atomic mass is 10.00. The molecule has 2 atom stereocenters. The topological polar surface area (TPSA) is 35.5 Å². The number of nitrogens with one attached hydrogen (secondary N) is 1. The Morgan fingerprint density at radius 3 is 3.00 bits per heavy atom. The number of β-amino-alcohol motifs (C(OH)–C–C–N with tert-alkyl or cyclic N) is 1. The van der Waals surface area contributed by atoms with Crippen LogP contribution < -0.4 is 5.32 Å². The zero-order chi connectivity index (χ0) is 9.68. The van der Waals surface area contributed by atoms with E-state index in [0.717, 1.165) is 25.6 Å². The third-order valence-corrected chi connectivity index (χ3v) is 2.65. The van der Waals surface area contributed by atoms with Crippen LogP contribution in [0, 0.1) is 5.92 Å². The lowest BCUT2D eigenvalue weighted by Gasteiger charge is -2.32. The molecule has 0 spiro atoms. The van der Waals surface area contributed by atoms with Crippen LogP contribution in [0.1, 0.15) is 19.8 Å². The maximum Gasteiger partial charge on any atom is 0.0791 e. The number of aliphatic hydroxyl groups excluding tert-OH is 1. The summed E-state index contributed by atoms with van der Waals surface area (Å²) in [6.07, 6.45) is 2.42. The number of hydrogen-bond donors (Lipinski definition) is 2. The van der Waals surface area contributed by atoms with Crippen LogP contribution in [0.15, 0.2) is 0 Å². The molecule has 0 amide bonds. The van der Waals surface area contributed by atoms with Gasteiger partial charge in [0.05, 0.1) is 6.10 Å². The summed E-state index contributed by atoms with van der Waals surface area (Å²) in [6.45, 7) is 6.12. The second-order valence-corrected chi connectivity index (χ2v) is 4.22. The predicted molar refractivity (Wildman–Crippen MR) is 54.8 cm³/mol. The summed E-state index contributed by atoms with van der Waals surface area (Å²) >= 11 is 0. The average molecular weight is 186 g/mol. The van der Waals surface area contributed by atoms with Crippen LogP contribution in [0.25, 0.3) is 0 Å². The summed E-state index contributed by atoms with van der Waals surface area (Å²) in [6, 6.07) is 0. The van der Waals surface area contributed by atoms with E-state index < -0.39 is 0 Å². The van der Waals surface area contributed by atoms with Gasteiger partial charge in [-0.3, -0.25) is 0 Å². The molecule has 0 radical (unpaired) electrons. The Balaban J connectivity index is 2.19. The third kappa shape index (κ3) is 4.07. The van der Waals surface area contributed by atoms with Crippen LogP contribution in [0.2, 0.25) is 0 Å². The van der Waals surface area contributed by atoms with Crippen LogP contribution in [0.5, 0.6) is 0 Å². The minimum absolute atomic E-state index is 0.213. The molecule has 1 rings (SSSR count). The molecule has 0 saturated carbocycles. The SMILES string of the molecule is CNCC(O)CN1CCCC(C)C1. The zero-order valence-electron chi connectivity index (χ0n) is 8.79. The van der Waals surface area contributed by atoms with E-state index in [1.807, 2.05) is 7.05 Å². The molecule has 1 heterocycles. The van der Waals surface area contributed by atoms with Gasteiger partial charge >= 0.3 is 0 Å². The van der Waals surface area contributed by atoms with Crippen molar-refractivity contribution in [1.29, 1.82) is 0 Å². The van der Waals surface area contributed by atoms with Crippen molar-refractivity contribution in [2.24, 2.45) is 5.92 Å². The molecule has 13 heavy (non-hydrogen) atoms. The minimum atomic E-state index is -0.213. The Bertz CT molecular complexity index is 141. The first kappa shape index (κ1) is 11.0. The summed E-state index contributed by atoms with van der Waals surface area (Å²) in [4.78, 5) is 2.37. The van der Waals surface area contributed by atoms with Gasteiger partial charge in [0, 0.05) is 19.6 Å². The summed E-state index contributed by atoms with van der Waals surface area (Å²) in [5.41, 5.74) is 0. The number of nitrogens with zero attached hydrogens (tertiary/aromatic N) is 1. The molecule has 1 aliphatic rings. The Morgan fingerprint density at radius 1 is 1.62 bits per heavy atom. The Morgan fingerprint density at radius 2 is 2.38 bits per heavy atom. The van der Waals surface area contributed by atoms with E-state index in [1.165, 1.54) is 12.8 Å². The molecule has 0 aromatic heterocycles. The molecular weight excluding hydrogens is 164 g/mol. The lowest BCUT2D eigenvalue weighted by molar-refractivity contribution is 0.0883. The van der Waals surface area contributed by atoms with E-state index in [2.05, 4.69) is 17.1 Å². The van der Waals surface area contributed by atoms with E-state index in [-0.39, 0.29) is 6.10 Å². The van der Waals surface area contributed by atoms with Crippen molar-refractivity contribution in [3.8, 4) is 0 Å². The second kappa shape index (κ2) is 5.58. The van der Waals surface area contributed by atoms with E-state index in [0.29, 0.717) is 6.54 Å². The molecule has 3 heteroatoms. The summed E-state index contributed by atoms with van der Waals surface area (Å²) in [7, 11) is 1.88. The molecule has 1 aliphatic heterocycles. The van der Waals surface area contributed by atoms with Crippen molar-refractivity contribution in [2.75, 3.05) is 33.2 Å². The van der Waals surface area contributed by atoms with Crippen LogP contribution in [-0.4, -0.2) is 49.3 Å². The van der Waals surface area contributed by atoms with Gasteiger partial charge < -0.3 is 15.3 Å². The highest BCUT2D eigenvalue weighted by Gasteiger charge is 2.18. The molecule has 0 bridgehead atoms. The van der Waals surface area contributed by atoms with Crippen molar-refractivity contribution in [3.63, 3.8) is 0 Å². The Kier molecular flexibility index (Phi) is 4.70. The summed E-state index contributed by atoms with van der Waals surface area (Å²) in [5, 5.41) is 12.6. The van der Waals surface area contributed by atoms with Gasteiger partial charge in [0.15, 0.2) is 0 Å². The molecule has 1 saturated heterocycles. The van der Waals surface area contributed by atoms with Crippen LogP contribution >= 0.6 is 0 Å². The Hall–Kier alpha value is -0.120. The third-order valence-electron chi connectivity index (χ3n) is 2.65. The fraction of sp³-hybridized carbons (Fsp3) is 1.00. The van der Waals surface area contributed by atoms with Gasteiger partial charge in [-0.25, -0.2) is 0 Å². The highest BCUT2D eigenvalue weighted by atomic mass is 16.3. The van der Waals surface area contributed by atoms with Crippen molar-refractivity contribution in [3.05, 3.63) is 0 Å². The highest BCUT2D eigenvalue weighted by Crippen LogP contribution is 2.15. The number of likely N-dealkylation sites (tertiary alicyclic amines) is 1. The number of piperidine rings is 1. The first-order valence-corrected chi connectivity index (χ1v) is 5.27. The molecule has 2 N–H and O–H groups in total. The summed E-state index contributed by atoms with van der Waals surface area (Å²) in [5.74, 6) is 0.801. The smallest absolute Gasteiger partial charge is 0.0791 e. The second-order valence-electron chi connectivity index (χ2n) is 4.22. The largest absolute Gasteiger partial charge is 0.390 e. The van der Waals surface area contributed by atoms with Gasteiger partial charge in [-0.15, -0.1) is 0 Å². The standard InChI is InChI=1S/C10H22N2O/c1-9-4-3-5-12(7-9)8-10(13)6-11-2/h9-11,13H,3-8H2,1-2H3. The van der Waals surface area contributed by atoms with Crippen LogP contribution in [0.4, 0.5) is 0 Å². The fourth-order valence-corrected chi connectivity index (χ4v) is 2.05. The first-order valence-electron chi connectivity index (χ1n) is 5.27. The monoisotopic (exact) mass is 186 g/mol. The van der Waals surface area contributed by atoms with Gasteiger partial charge in [-0.2, -0.15) is 0 Å². The van der Waals surface area contributed by atoms with Crippen molar-refractivity contribution < 1.29 is 5.11 Å². The van der Waals surface area contributed by atoms with Gasteiger partial charge in [-0.1, -0.05) is 6.92 Å². The molecule has 0 aromatic rings. The van der Waals surface area contributed by atoms with E-state index in [9.17, 15) is 5.11 Å². The number of hydrogen-bond acceptors (Lipinski definition) is 3. The van der Waals surface area contributed by atoms with Crippen LogP contribution in [0.3, 0.4) is 0 Å². The Labute approximate surface area is 81.1 Å². The quantitative estimate of drug-likeness (QED) is 0.663. The maximum atomic E-state index is 9.58. The maximum absolute atomic E-state index is 9.58. The van der Waals surface area contributed by atoms with Crippen molar-refractivity contribution >= 4 is 0 Å². The highest BCUT2D eigenvalue weighted by molar-refractivity contribution is 4.73. The molecule has 78 valence electrons. The number of aliphatic hydroxyl groups is 1. The molecule has 0 aliphatic carbocycles. The lowest BCUT2D eigenvalue weighted by Crippen LogP contribution is -2.42. The van der Waals surface area contributed by atoms with Crippen molar-refractivity contribution in [1.82, 2.24) is 10.2 Å². The first-order chi connectivity index (χ1) is 6.22. The normalized spacial score (nSPS) is 27.5. The minimum Gasteiger partial charge on any atom is -0.390 e. The molecular formula is C10H22N2O. The molecule has 0 aromatic carbocycles. The van der Waals surface area contributed by atoms with Gasteiger partial charge in [0.1, 0.15) is 0 Å². The number of likely N-dealkylation sites (N-methyl/N-ethyl adjacent to an activating group) is 1. The average Bonchev–Trinajstić information content (AvgIpc) is 2.04. The van der Waals surface area contributed by atoms with E-state index in [1.54, 1.807) is 0 Å². The van der Waals surface area contributed by atoms with Gasteiger partial charge in [-0.05, 0) is 32.4 Å². The molecule has 1 fully saturated rings. The van der Waals surface area contributed by atoms with Gasteiger partial charge in [0.25, 0.3) is 0 Å². The van der Waals surface area contributed by atoms with Gasteiger partial charge in [0.2, 0.25) is 0 Å². The fourth-order valence-electron chi connectivity index (χ4n) is 2.05. The molecule has 3 nitrogen and oxygen atoms in total. The van der Waals surface area contributed by atoms with E-state index in [4.69, 9.17) is 0 Å². The van der Waals surface area contributed by atoms with Crippen LogP contribution in [-0.2, 0) is 0 Å². The molecule has 2 unspecified atom stereocenters. The van der Waals surface area contributed by atoms with E-state index >= 15 is 0 Å².